The molecule has 3 heteroatoms. The molecule has 0 saturated carbocycles. The molecule has 0 aromatic heterocycles. The summed E-state index contributed by atoms with van der Waals surface area (Å²) in [5.74, 6) is -0.847. The highest BCUT2D eigenvalue weighted by atomic mass is 19.1. The summed E-state index contributed by atoms with van der Waals surface area (Å²) < 4.78 is 16.0. The smallest absolute Gasteiger partial charge is 0.340 e. The van der Waals surface area contributed by atoms with Crippen molar-refractivity contribution in [3.8, 4) is 0 Å². The van der Waals surface area contributed by atoms with Crippen molar-refractivity contribution in [2.24, 2.45) is 0 Å². The van der Waals surface area contributed by atoms with Gasteiger partial charge < -0.3 is 4.74 Å². The van der Waals surface area contributed by atoms with Crippen molar-refractivity contribution in [3.05, 3.63) is 6.92 Å². The van der Waals surface area contributed by atoms with Gasteiger partial charge in [0.1, 0.15) is 0 Å². The van der Waals surface area contributed by atoms with Crippen molar-refractivity contribution in [2.75, 3.05) is 7.11 Å². The van der Waals surface area contributed by atoms with Gasteiger partial charge in [-0.3, -0.25) is 0 Å². The minimum atomic E-state index is -1.56. The average molecular weight is 119 g/mol. The van der Waals surface area contributed by atoms with E-state index in [-0.39, 0.29) is 6.42 Å². The molecule has 1 unspecified atom stereocenters. The molecule has 0 aromatic carbocycles. The van der Waals surface area contributed by atoms with E-state index in [1.54, 1.807) is 0 Å². The number of hydrogen-bond acceptors (Lipinski definition) is 2. The second-order valence-electron chi connectivity index (χ2n) is 1.28. The number of carbonyl (C=O) groups is 1. The molecule has 0 heterocycles. The van der Waals surface area contributed by atoms with Crippen molar-refractivity contribution in [1.29, 1.82) is 0 Å². The highest BCUT2D eigenvalue weighted by Crippen LogP contribution is 1.96. The van der Waals surface area contributed by atoms with E-state index in [0.717, 1.165) is 7.11 Å². The van der Waals surface area contributed by atoms with Crippen LogP contribution in [0.25, 0.3) is 0 Å². The zero-order chi connectivity index (χ0) is 6.57. The molecule has 0 amide bonds. The average Bonchev–Trinajstić information content (AvgIpc) is 1.84. The van der Waals surface area contributed by atoms with Gasteiger partial charge in [0.15, 0.2) is 6.17 Å². The molecule has 1 atom stereocenters. The first-order chi connectivity index (χ1) is 3.72. The molecule has 0 bridgehead atoms. The topological polar surface area (TPSA) is 26.3 Å². The molecule has 0 N–H and O–H groups in total. The first-order valence-electron chi connectivity index (χ1n) is 2.23. The molecular weight excluding hydrogens is 111 g/mol. The van der Waals surface area contributed by atoms with Crippen molar-refractivity contribution in [1.82, 2.24) is 0 Å². The van der Waals surface area contributed by atoms with E-state index in [0.29, 0.717) is 0 Å². The first-order valence-corrected chi connectivity index (χ1v) is 2.23. The van der Waals surface area contributed by atoms with Crippen LogP contribution in [-0.4, -0.2) is 19.3 Å². The maximum absolute atomic E-state index is 12.0. The Hall–Kier alpha value is -0.600. The number of rotatable bonds is 2. The van der Waals surface area contributed by atoms with Gasteiger partial charge in [0, 0.05) is 0 Å². The third-order valence-electron chi connectivity index (χ3n) is 0.710. The fraction of sp³-hybridized carbons (Fsp3) is 0.600. The maximum Gasteiger partial charge on any atom is 0.340 e. The Balaban J connectivity index is 3.46. The van der Waals surface area contributed by atoms with Crippen molar-refractivity contribution >= 4 is 5.97 Å². The van der Waals surface area contributed by atoms with E-state index >= 15 is 0 Å². The molecule has 0 aromatic rings. The first kappa shape index (κ1) is 7.40. The van der Waals surface area contributed by atoms with Crippen LogP contribution in [0.15, 0.2) is 0 Å². The van der Waals surface area contributed by atoms with Crippen molar-refractivity contribution in [3.63, 3.8) is 0 Å². The van der Waals surface area contributed by atoms with E-state index in [1.165, 1.54) is 0 Å². The molecule has 1 radical (unpaired) electrons. The third-order valence-corrected chi connectivity index (χ3v) is 0.710. The zero-order valence-corrected chi connectivity index (χ0v) is 4.69. The van der Waals surface area contributed by atoms with Crippen LogP contribution in [0.3, 0.4) is 0 Å². The quantitative estimate of drug-likeness (QED) is 0.501. The van der Waals surface area contributed by atoms with Gasteiger partial charge in [0.2, 0.25) is 0 Å². The SMILES string of the molecule is [CH2]CC(F)C(=O)OC. The number of ether oxygens (including phenoxy) is 1. The van der Waals surface area contributed by atoms with E-state index in [4.69, 9.17) is 0 Å². The van der Waals surface area contributed by atoms with Crippen molar-refractivity contribution in [2.45, 2.75) is 12.6 Å². The highest BCUT2D eigenvalue weighted by molar-refractivity contribution is 5.74. The second kappa shape index (κ2) is 3.41. The number of alkyl halides is 1. The molecule has 2 nitrogen and oxygen atoms in total. The summed E-state index contributed by atoms with van der Waals surface area (Å²) >= 11 is 0. The van der Waals surface area contributed by atoms with Crippen LogP contribution in [0.5, 0.6) is 0 Å². The lowest BCUT2D eigenvalue weighted by molar-refractivity contribution is -0.146. The van der Waals surface area contributed by atoms with Gasteiger partial charge >= 0.3 is 5.97 Å². The predicted molar refractivity (Wildman–Crippen MR) is 26.9 cm³/mol. The summed E-state index contributed by atoms with van der Waals surface area (Å²) in [7, 11) is 1.14. The van der Waals surface area contributed by atoms with Crippen LogP contribution < -0.4 is 0 Å². The molecule has 0 fully saturated rings. The summed E-state index contributed by atoms with van der Waals surface area (Å²) in [6.07, 6.45) is -1.62. The molecule has 0 rings (SSSR count). The molecule has 8 heavy (non-hydrogen) atoms. The predicted octanol–water partition coefficient (Wildman–Crippen LogP) is 0.722. The number of esters is 1. The minimum absolute atomic E-state index is 0.0628. The number of carbonyl (C=O) groups excluding carboxylic acids is 1. The van der Waals surface area contributed by atoms with E-state index in [2.05, 4.69) is 11.7 Å². The van der Waals surface area contributed by atoms with E-state index < -0.39 is 12.1 Å². The Morgan fingerprint density at radius 1 is 2.00 bits per heavy atom. The Kier molecular flexibility index (Phi) is 3.15. The van der Waals surface area contributed by atoms with Gasteiger partial charge in [-0.1, -0.05) is 0 Å². The van der Waals surface area contributed by atoms with Crippen LogP contribution in [0, 0.1) is 6.92 Å². The standard InChI is InChI=1S/C5H8FO2/c1-3-4(6)5(7)8-2/h4H,1,3H2,2H3. The summed E-state index contributed by atoms with van der Waals surface area (Å²) in [6, 6.07) is 0. The van der Waals surface area contributed by atoms with Crippen LogP contribution in [0.4, 0.5) is 4.39 Å². The summed E-state index contributed by atoms with van der Waals surface area (Å²) in [4.78, 5) is 10.1. The lowest BCUT2D eigenvalue weighted by Crippen LogP contribution is -2.15. The van der Waals surface area contributed by atoms with E-state index in [9.17, 15) is 9.18 Å². The summed E-state index contributed by atoms with van der Waals surface area (Å²) in [5.41, 5.74) is 0. The van der Waals surface area contributed by atoms with Crippen LogP contribution in [0.2, 0.25) is 0 Å². The highest BCUT2D eigenvalue weighted by Gasteiger charge is 2.13. The number of hydrogen-bond donors (Lipinski definition) is 0. The van der Waals surface area contributed by atoms with Crippen LogP contribution >= 0.6 is 0 Å². The fourth-order valence-corrected chi connectivity index (χ4v) is 0.246. The van der Waals surface area contributed by atoms with Gasteiger partial charge in [-0.15, -0.1) is 0 Å². The molecule has 0 aliphatic rings. The Morgan fingerprint density at radius 2 is 2.50 bits per heavy atom. The molecule has 0 aliphatic heterocycles. The Morgan fingerprint density at radius 3 is 2.62 bits per heavy atom. The molecule has 0 saturated heterocycles. The molecular formula is C5H8FO2. The van der Waals surface area contributed by atoms with Crippen LogP contribution in [-0.2, 0) is 9.53 Å². The zero-order valence-electron chi connectivity index (χ0n) is 4.69. The number of methoxy groups -OCH3 is 1. The number of halogens is 1. The minimum Gasteiger partial charge on any atom is -0.467 e. The largest absolute Gasteiger partial charge is 0.467 e. The molecule has 0 aliphatic carbocycles. The normalized spacial score (nSPS) is 12.9. The lowest BCUT2D eigenvalue weighted by atomic mass is 10.3. The van der Waals surface area contributed by atoms with Gasteiger partial charge in [-0.25, -0.2) is 9.18 Å². The Labute approximate surface area is 47.6 Å². The van der Waals surface area contributed by atoms with Gasteiger partial charge in [-0.2, -0.15) is 0 Å². The summed E-state index contributed by atoms with van der Waals surface area (Å²) in [6.45, 7) is 3.18. The fourth-order valence-electron chi connectivity index (χ4n) is 0.246. The third kappa shape index (κ3) is 1.91. The second-order valence-corrected chi connectivity index (χ2v) is 1.28. The van der Waals surface area contributed by atoms with Gasteiger partial charge in [-0.05, 0) is 13.3 Å². The summed E-state index contributed by atoms with van der Waals surface area (Å²) in [5, 5.41) is 0. The molecule has 47 valence electrons. The van der Waals surface area contributed by atoms with Crippen molar-refractivity contribution < 1.29 is 13.9 Å². The Bertz CT molecular complexity index is 82.5. The van der Waals surface area contributed by atoms with Crippen LogP contribution in [0.1, 0.15) is 6.42 Å². The monoisotopic (exact) mass is 119 g/mol. The van der Waals surface area contributed by atoms with Gasteiger partial charge in [0.25, 0.3) is 0 Å². The van der Waals surface area contributed by atoms with Gasteiger partial charge in [0.05, 0.1) is 7.11 Å². The van der Waals surface area contributed by atoms with E-state index in [1.807, 2.05) is 0 Å². The lowest BCUT2D eigenvalue weighted by Gasteiger charge is -1.99. The maximum atomic E-state index is 12.0. The molecule has 0 spiro atoms.